The average Bonchev–Trinajstić information content (AvgIpc) is 2.18. The van der Waals surface area contributed by atoms with Gasteiger partial charge in [-0.1, -0.05) is 0 Å². The Morgan fingerprint density at radius 2 is 1.88 bits per heavy atom. The van der Waals surface area contributed by atoms with Crippen LogP contribution in [-0.2, 0) is 0 Å². The largest absolute Gasteiger partial charge is 1.00 e. The predicted molar refractivity (Wildman–Crippen MR) is 54.8 cm³/mol. The molecule has 0 aliphatic heterocycles. The third-order valence-electron chi connectivity index (χ3n) is 1.90. The van der Waals surface area contributed by atoms with Crippen LogP contribution in [0.1, 0.15) is 10.4 Å². The van der Waals surface area contributed by atoms with Crippen molar-refractivity contribution in [2.75, 3.05) is 27.2 Å². The first-order valence-corrected chi connectivity index (χ1v) is 4.68. The van der Waals surface area contributed by atoms with Gasteiger partial charge < -0.3 is 19.5 Å². The summed E-state index contributed by atoms with van der Waals surface area (Å²) in [6.07, 6.45) is 0. The van der Waals surface area contributed by atoms with E-state index in [-0.39, 0.29) is 24.4 Å². The number of likely N-dealkylation sites (N-methyl/N-ethyl adjacent to an activating group) is 1. The number of hydrogen-bond acceptors (Lipinski definition) is 4. The van der Waals surface area contributed by atoms with Crippen LogP contribution in [-0.4, -0.2) is 38.1 Å². The molecular weight excluding hydrogens is 201 g/mol. The van der Waals surface area contributed by atoms with E-state index in [9.17, 15) is 9.90 Å². The second-order valence-corrected chi connectivity index (χ2v) is 3.46. The summed E-state index contributed by atoms with van der Waals surface area (Å²) in [5.74, 6) is -0.503. The van der Waals surface area contributed by atoms with Gasteiger partial charge in [0.15, 0.2) is 0 Å². The van der Waals surface area contributed by atoms with Crippen LogP contribution in [0.2, 0.25) is 0 Å². The Morgan fingerprint density at radius 1 is 1.31 bits per heavy atom. The van der Waals surface area contributed by atoms with Crippen molar-refractivity contribution in [3.63, 3.8) is 0 Å². The second-order valence-electron chi connectivity index (χ2n) is 3.46. The molecular formula is C11H14LiNO3. The maximum Gasteiger partial charge on any atom is 1.00 e. The monoisotopic (exact) mass is 215 g/mol. The molecule has 1 aromatic rings. The molecule has 0 fully saturated rings. The van der Waals surface area contributed by atoms with E-state index in [2.05, 4.69) is 0 Å². The molecule has 0 N–H and O–H groups in total. The Morgan fingerprint density at radius 3 is 2.31 bits per heavy atom. The maximum atomic E-state index is 10.5. The van der Waals surface area contributed by atoms with Gasteiger partial charge in [0.1, 0.15) is 12.4 Å². The Hall–Kier alpha value is -0.953. The molecule has 0 aliphatic rings. The minimum absolute atomic E-state index is 0. The van der Waals surface area contributed by atoms with Crippen molar-refractivity contribution in [1.29, 1.82) is 0 Å². The standard InChI is InChI=1S/C11H15NO3.Li/c1-12(2)7-8-15-10-5-3-9(4-6-10)11(13)14;/h3-6H,7-8H2,1-2H3,(H,13,14);/q;+1/p-1. The van der Waals surface area contributed by atoms with E-state index in [1.807, 2.05) is 19.0 Å². The Bertz CT molecular complexity index is 325. The van der Waals surface area contributed by atoms with Gasteiger partial charge in [0.25, 0.3) is 0 Å². The molecule has 0 aliphatic carbocycles. The fourth-order valence-corrected chi connectivity index (χ4v) is 1.03. The van der Waals surface area contributed by atoms with Gasteiger partial charge >= 0.3 is 18.9 Å². The maximum absolute atomic E-state index is 10.5. The summed E-state index contributed by atoms with van der Waals surface area (Å²) < 4.78 is 5.40. The zero-order valence-corrected chi connectivity index (χ0v) is 9.90. The normalized spacial score (nSPS) is 9.69. The summed E-state index contributed by atoms with van der Waals surface area (Å²) in [5, 5.41) is 10.5. The zero-order valence-electron chi connectivity index (χ0n) is 9.90. The third kappa shape index (κ3) is 5.22. The molecule has 0 spiro atoms. The molecule has 0 heterocycles. The summed E-state index contributed by atoms with van der Waals surface area (Å²) in [6.45, 7) is 1.40. The zero-order chi connectivity index (χ0) is 11.3. The van der Waals surface area contributed by atoms with Crippen LogP contribution in [0.25, 0.3) is 0 Å². The number of ether oxygens (including phenoxy) is 1. The molecule has 0 saturated heterocycles. The van der Waals surface area contributed by atoms with Crippen LogP contribution < -0.4 is 28.7 Å². The first-order valence-electron chi connectivity index (χ1n) is 4.68. The van der Waals surface area contributed by atoms with E-state index in [0.29, 0.717) is 12.4 Å². The number of hydrogen-bond donors (Lipinski definition) is 0. The number of carboxylic acid groups (broad SMARTS) is 1. The molecule has 4 nitrogen and oxygen atoms in total. The summed E-state index contributed by atoms with van der Waals surface area (Å²) >= 11 is 0. The van der Waals surface area contributed by atoms with Crippen molar-refractivity contribution in [2.45, 2.75) is 0 Å². The van der Waals surface area contributed by atoms with Crippen LogP contribution in [0.5, 0.6) is 5.75 Å². The molecule has 0 atom stereocenters. The third-order valence-corrected chi connectivity index (χ3v) is 1.90. The molecule has 0 radical (unpaired) electrons. The fourth-order valence-electron chi connectivity index (χ4n) is 1.03. The van der Waals surface area contributed by atoms with Crippen molar-refractivity contribution in [2.24, 2.45) is 0 Å². The molecule has 0 unspecified atom stereocenters. The van der Waals surface area contributed by atoms with Gasteiger partial charge in [-0.2, -0.15) is 0 Å². The van der Waals surface area contributed by atoms with Crippen molar-refractivity contribution in [3.8, 4) is 5.75 Å². The number of rotatable bonds is 5. The van der Waals surface area contributed by atoms with Gasteiger partial charge in [-0.15, -0.1) is 0 Å². The van der Waals surface area contributed by atoms with Gasteiger partial charge in [-0.25, -0.2) is 0 Å². The first kappa shape index (κ1) is 15.0. The van der Waals surface area contributed by atoms with Gasteiger partial charge in [0.05, 0.1) is 5.97 Å². The van der Waals surface area contributed by atoms with E-state index >= 15 is 0 Å². The number of carboxylic acids is 1. The molecule has 0 saturated carbocycles. The number of carbonyl (C=O) groups is 1. The van der Waals surface area contributed by atoms with Crippen LogP contribution in [0.3, 0.4) is 0 Å². The molecule has 5 heteroatoms. The van der Waals surface area contributed by atoms with Crippen molar-refractivity contribution < 1.29 is 33.5 Å². The van der Waals surface area contributed by atoms with Gasteiger partial charge in [0, 0.05) is 6.54 Å². The summed E-state index contributed by atoms with van der Waals surface area (Å²) in [5.41, 5.74) is 0.162. The number of benzene rings is 1. The predicted octanol–water partition coefficient (Wildman–Crippen LogP) is -3.01. The molecule has 0 aromatic heterocycles. The van der Waals surface area contributed by atoms with Crippen molar-refractivity contribution in [1.82, 2.24) is 4.90 Å². The number of carbonyl (C=O) groups excluding carboxylic acids is 1. The summed E-state index contributed by atoms with van der Waals surface area (Å²) in [4.78, 5) is 12.5. The van der Waals surface area contributed by atoms with Gasteiger partial charge in [-0.3, -0.25) is 0 Å². The average molecular weight is 215 g/mol. The van der Waals surface area contributed by atoms with Crippen molar-refractivity contribution in [3.05, 3.63) is 29.8 Å². The van der Waals surface area contributed by atoms with E-state index < -0.39 is 5.97 Å². The number of nitrogens with zero attached hydrogens (tertiary/aromatic N) is 1. The van der Waals surface area contributed by atoms with Gasteiger partial charge in [0.2, 0.25) is 0 Å². The second kappa shape index (κ2) is 7.34. The molecule has 0 amide bonds. The Kier molecular flexibility index (Phi) is 6.90. The summed E-state index contributed by atoms with van der Waals surface area (Å²) in [6, 6.07) is 6.20. The van der Waals surface area contributed by atoms with E-state index in [4.69, 9.17) is 4.74 Å². The van der Waals surface area contributed by atoms with E-state index in [0.717, 1.165) is 6.54 Å². The fraction of sp³-hybridized carbons (Fsp3) is 0.364. The molecule has 1 aromatic carbocycles. The van der Waals surface area contributed by atoms with Gasteiger partial charge in [-0.05, 0) is 43.9 Å². The molecule has 16 heavy (non-hydrogen) atoms. The van der Waals surface area contributed by atoms with Crippen molar-refractivity contribution >= 4 is 5.97 Å². The van der Waals surface area contributed by atoms with Crippen LogP contribution in [0, 0.1) is 0 Å². The van der Waals surface area contributed by atoms with E-state index in [1.54, 1.807) is 12.1 Å². The molecule has 0 bridgehead atoms. The van der Waals surface area contributed by atoms with Crippen LogP contribution in [0.15, 0.2) is 24.3 Å². The summed E-state index contributed by atoms with van der Waals surface area (Å²) in [7, 11) is 3.92. The minimum atomic E-state index is -1.17. The molecule has 82 valence electrons. The SMILES string of the molecule is CN(C)CCOc1ccc(C(=O)[O-])cc1.[Li+]. The van der Waals surface area contributed by atoms with E-state index in [1.165, 1.54) is 12.1 Å². The smallest absolute Gasteiger partial charge is 0.545 e. The van der Waals surface area contributed by atoms with Crippen LogP contribution >= 0.6 is 0 Å². The number of aromatic carboxylic acids is 1. The molecule has 1 rings (SSSR count). The first-order chi connectivity index (χ1) is 7.09. The van der Waals surface area contributed by atoms with Crippen LogP contribution in [0.4, 0.5) is 0 Å². The minimum Gasteiger partial charge on any atom is -0.545 e. The quantitative estimate of drug-likeness (QED) is 0.491. The Labute approximate surface area is 107 Å². The Balaban J connectivity index is 0.00000225. The topological polar surface area (TPSA) is 52.6 Å².